The van der Waals surface area contributed by atoms with Gasteiger partial charge in [0.2, 0.25) is 5.16 Å². The van der Waals surface area contributed by atoms with Crippen LogP contribution in [0.4, 0.5) is 0 Å². The standard InChI is InChI=1S/C17H19BrN4S/c1-13-20-21-17(23-12-15-7-9-16(18)10-8-15)22(13)19-11-14-5-3-2-4-6-14/h2-3,7-11,14H,4-6,12H2,1H3/b19-11-/t14-/m1/s1. The van der Waals surface area contributed by atoms with Crippen LogP contribution < -0.4 is 0 Å². The zero-order valence-electron chi connectivity index (χ0n) is 13.0. The van der Waals surface area contributed by atoms with Gasteiger partial charge in [0.15, 0.2) is 5.82 Å². The molecule has 6 heteroatoms. The predicted octanol–water partition coefficient (Wildman–Crippen LogP) is 4.83. The quantitative estimate of drug-likeness (QED) is 0.417. The molecule has 1 atom stereocenters. The number of hydrogen-bond donors (Lipinski definition) is 0. The van der Waals surface area contributed by atoms with Crippen LogP contribution in [0.15, 0.2) is 51.1 Å². The van der Waals surface area contributed by atoms with Gasteiger partial charge in [0, 0.05) is 16.4 Å². The molecule has 120 valence electrons. The lowest BCUT2D eigenvalue weighted by Gasteiger charge is -2.12. The minimum Gasteiger partial charge on any atom is -0.192 e. The average Bonchev–Trinajstić information content (AvgIpc) is 2.93. The van der Waals surface area contributed by atoms with Crippen LogP contribution in [0.25, 0.3) is 0 Å². The first-order chi connectivity index (χ1) is 11.2. The molecule has 1 aliphatic rings. The normalized spacial score (nSPS) is 17.9. The summed E-state index contributed by atoms with van der Waals surface area (Å²) < 4.78 is 2.94. The number of aryl methyl sites for hydroxylation is 1. The second kappa shape index (κ2) is 7.93. The van der Waals surface area contributed by atoms with Gasteiger partial charge in [0.1, 0.15) is 0 Å². The summed E-state index contributed by atoms with van der Waals surface area (Å²) in [5.74, 6) is 2.20. The van der Waals surface area contributed by atoms with Gasteiger partial charge in [-0.1, -0.05) is 52.0 Å². The van der Waals surface area contributed by atoms with E-state index in [9.17, 15) is 0 Å². The summed E-state index contributed by atoms with van der Waals surface area (Å²) in [5, 5.41) is 13.9. The van der Waals surface area contributed by atoms with Crippen LogP contribution in [0.2, 0.25) is 0 Å². The maximum atomic E-state index is 4.62. The highest BCUT2D eigenvalue weighted by Crippen LogP contribution is 2.23. The molecule has 0 saturated carbocycles. The summed E-state index contributed by atoms with van der Waals surface area (Å²) in [6, 6.07) is 8.34. The highest BCUT2D eigenvalue weighted by molar-refractivity contribution is 9.10. The Labute approximate surface area is 149 Å². The maximum Gasteiger partial charge on any atom is 0.212 e. The van der Waals surface area contributed by atoms with Gasteiger partial charge in [-0.15, -0.1) is 10.2 Å². The van der Waals surface area contributed by atoms with E-state index in [1.165, 1.54) is 12.0 Å². The molecule has 0 aliphatic heterocycles. The average molecular weight is 391 g/mol. The SMILES string of the molecule is Cc1nnc(SCc2ccc(Br)cc2)n1/N=C\[C@@H]1CC=CCC1. The van der Waals surface area contributed by atoms with Crippen LogP contribution in [0, 0.1) is 12.8 Å². The minimum absolute atomic E-state index is 0.520. The second-order valence-corrected chi connectivity index (χ2v) is 7.42. The van der Waals surface area contributed by atoms with Crippen molar-refractivity contribution >= 4 is 33.9 Å². The Hall–Kier alpha value is -1.40. The number of benzene rings is 1. The predicted molar refractivity (Wildman–Crippen MR) is 98.8 cm³/mol. The zero-order chi connectivity index (χ0) is 16.1. The first-order valence-electron chi connectivity index (χ1n) is 7.71. The van der Waals surface area contributed by atoms with Crippen molar-refractivity contribution in [3.63, 3.8) is 0 Å². The minimum atomic E-state index is 0.520. The molecule has 0 radical (unpaired) electrons. The van der Waals surface area contributed by atoms with Gasteiger partial charge < -0.3 is 0 Å². The number of hydrogen-bond acceptors (Lipinski definition) is 4. The van der Waals surface area contributed by atoms with Crippen LogP contribution in [0.5, 0.6) is 0 Å². The highest BCUT2D eigenvalue weighted by atomic mass is 79.9. The second-order valence-electron chi connectivity index (χ2n) is 5.57. The fraction of sp³-hybridized carbons (Fsp3) is 0.353. The molecule has 0 fully saturated rings. The van der Waals surface area contributed by atoms with Gasteiger partial charge in [0.25, 0.3) is 0 Å². The lowest BCUT2D eigenvalue weighted by Crippen LogP contribution is -2.06. The van der Waals surface area contributed by atoms with Crippen molar-refractivity contribution in [1.82, 2.24) is 14.9 Å². The van der Waals surface area contributed by atoms with E-state index in [1.54, 1.807) is 11.8 Å². The van der Waals surface area contributed by atoms with E-state index in [-0.39, 0.29) is 0 Å². The largest absolute Gasteiger partial charge is 0.212 e. The third kappa shape index (κ3) is 4.54. The van der Waals surface area contributed by atoms with Crippen molar-refractivity contribution < 1.29 is 0 Å². The Morgan fingerprint density at radius 1 is 1.30 bits per heavy atom. The van der Waals surface area contributed by atoms with E-state index in [1.807, 2.05) is 17.8 Å². The smallest absolute Gasteiger partial charge is 0.192 e. The Bertz CT molecular complexity index is 706. The van der Waals surface area contributed by atoms with Crippen molar-refractivity contribution in [1.29, 1.82) is 0 Å². The van der Waals surface area contributed by atoms with Gasteiger partial charge in [-0.3, -0.25) is 0 Å². The topological polar surface area (TPSA) is 43.1 Å². The molecule has 0 amide bonds. The summed E-state index contributed by atoms with van der Waals surface area (Å²) in [6.45, 7) is 1.94. The molecule has 4 nitrogen and oxygen atoms in total. The maximum absolute atomic E-state index is 4.62. The van der Waals surface area contributed by atoms with E-state index in [0.29, 0.717) is 5.92 Å². The highest BCUT2D eigenvalue weighted by Gasteiger charge is 2.11. The Kier molecular flexibility index (Phi) is 5.67. The van der Waals surface area contributed by atoms with Crippen LogP contribution in [0.3, 0.4) is 0 Å². The number of halogens is 1. The van der Waals surface area contributed by atoms with Gasteiger partial charge in [-0.25, -0.2) is 0 Å². The molecule has 0 N–H and O–H groups in total. The number of allylic oxidation sites excluding steroid dienone is 2. The van der Waals surface area contributed by atoms with Crippen molar-refractivity contribution in [2.24, 2.45) is 11.0 Å². The molecule has 0 bridgehead atoms. The molecule has 0 spiro atoms. The monoisotopic (exact) mass is 390 g/mol. The lowest BCUT2D eigenvalue weighted by atomic mass is 9.96. The molecule has 1 aromatic carbocycles. The third-order valence-corrected chi connectivity index (χ3v) is 5.27. The Morgan fingerprint density at radius 2 is 2.13 bits per heavy atom. The first kappa shape index (κ1) is 16.5. The van der Waals surface area contributed by atoms with E-state index in [0.717, 1.165) is 34.0 Å². The van der Waals surface area contributed by atoms with Crippen LogP contribution in [-0.4, -0.2) is 21.1 Å². The van der Waals surface area contributed by atoms with Crippen molar-refractivity contribution in [3.8, 4) is 0 Å². The number of rotatable bonds is 5. The fourth-order valence-corrected chi connectivity index (χ4v) is 3.56. The van der Waals surface area contributed by atoms with Crippen molar-refractivity contribution in [2.75, 3.05) is 0 Å². The summed E-state index contributed by atoms with van der Waals surface area (Å²) >= 11 is 5.12. The number of nitrogens with zero attached hydrogens (tertiary/aromatic N) is 4. The summed E-state index contributed by atoms with van der Waals surface area (Å²) in [7, 11) is 0. The number of aromatic nitrogens is 3. The van der Waals surface area contributed by atoms with Gasteiger partial charge >= 0.3 is 0 Å². The van der Waals surface area contributed by atoms with Gasteiger partial charge in [0.05, 0.1) is 0 Å². The number of thioether (sulfide) groups is 1. The lowest BCUT2D eigenvalue weighted by molar-refractivity contribution is 0.617. The molecular weight excluding hydrogens is 372 g/mol. The van der Waals surface area contributed by atoms with E-state index >= 15 is 0 Å². The zero-order valence-corrected chi connectivity index (χ0v) is 15.4. The fourth-order valence-electron chi connectivity index (χ4n) is 2.40. The van der Waals surface area contributed by atoms with Crippen LogP contribution >= 0.6 is 27.7 Å². The van der Waals surface area contributed by atoms with E-state index < -0.39 is 0 Å². The molecule has 1 heterocycles. The van der Waals surface area contributed by atoms with Crippen molar-refractivity contribution in [2.45, 2.75) is 37.1 Å². The first-order valence-corrected chi connectivity index (χ1v) is 9.49. The summed E-state index contributed by atoms with van der Waals surface area (Å²) in [5.41, 5.74) is 1.26. The molecule has 1 aliphatic carbocycles. The summed E-state index contributed by atoms with van der Waals surface area (Å²) in [4.78, 5) is 0. The molecule has 3 rings (SSSR count). The molecule has 2 aromatic rings. The molecular formula is C17H19BrN4S. The van der Waals surface area contributed by atoms with E-state index in [4.69, 9.17) is 0 Å². The van der Waals surface area contributed by atoms with E-state index in [2.05, 4.69) is 67.6 Å². The Balaban J connectivity index is 1.67. The molecule has 23 heavy (non-hydrogen) atoms. The van der Waals surface area contributed by atoms with Crippen molar-refractivity contribution in [3.05, 3.63) is 52.3 Å². The molecule has 1 aromatic heterocycles. The van der Waals surface area contributed by atoms with Crippen LogP contribution in [0.1, 0.15) is 30.7 Å². The molecule has 0 saturated heterocycles. The van der Waals surface area contributed by atoms with Gasteiger partial charge in [-0.05, 0) is 49.8 Å². The molecule has 0 unspecified atom stereocenters. The van der Waals surface area contributed by atoms with Crippen LogP contribution in [-0.2, 0) is 5.75 Å². The Morgan fingerprint density at radius 3 is 2.87 bits per heavy atom. The van der Waals surface area contributed by atoms with Gasteiger partial charge in [-0.2, -0.15) is 9.78 Å². The third-order valence-electron chi connectivity index (χ3n) is 3.75. The summed E-state index contributed by atoms with van der Waals surface area (Å²) in [6.07, 6.45) is 9.91.